The van der Waals surface area contributed by atoms with Crippen molar-refractivity contribution in [1.82, 2.24) is 4.98 Å². The van der Waals surface area contributed by atoms with Crippen molar-refractivity contribution in [3.8, 4) is 5.75 Å². The molecule has 0 aliphatic heterocycles. The molecule has 0 bridgehead atoms. The molecule has 0 spiro atoms. The molecule has 1 rings (SSSR count). The molecule has 0 radical (unpaired) electrons. The number of methoxy groups -OCH3 is 1. The summed E-state index contributed by atoms with van der Waals surface area (Å²) >= 11 is 2.97. The second-order valence-electron chi connectivity index (χ2n) is 2.04. The van der Waals surface area contributed by atoms with Crippen LogP contribution in [0.1, 0.15) is 12.1 Å². The van der Waals surface area contributed by atoms with E-state index in [1.165, 1.54) is 19.4 Å². The van der Waals surface area contributed by atoms with E-state index in [4.69, 9.17) is 4.74 Å². The predicted octanol–water partition coefficient (Wildman–Crippen LogP) is 2.79. The fourth-order valence-electron chi connectivity index (χ4n) is 0.703. The van der Waals surface area contributed by atoms with Crippen molar-refractivity contribution in [3.05, 3.63) is 22.4 Å². The molecule has 0 aromatic carbocycles. The molecule has 66 valence electrons. The van der Waals surface area contributed by atoms with Crippen molar-refractivity contribution in [2.45, 2.75) is 6.43 Å². The maximum absolute atomic E-state index is 12.1. The molecule has 5 heteroatoms. The number of ether oxygens (including phenoxy) is 1. The summed E-state index contributed by atoms with van der Waals surface area (Å²) in [5, 5.41) is 0. The van der Waals surface area contributed by atoms with Crippen LogP contribution in [-0.4, -0.2) is 12.1 Å². The van der Waals surface area contributed by atoms with Gasteiger partial charge < -0.3 is 4.74 Å². The number of hydrogen-bond acceptors (Lipinski definition) is 2. The van der Waals surface area contributed by atoms with Crippen LogP contribution in [-0.2, 0) is 0 Å². The average molecular weight is 238 g/mol. The van der Waals surface area contributed by atoms with Crippen molar-refractivity contribution in [1.29, 1.82) is 0 Å². The third kappa shape index (κ3) is 1.91. The second kappa shape index (κ2) is 3.80. The molecule has 1 heterocycles. The van der Waals surface area contributed by atoms with Gasteiger partial charge in [0.25, 0.3) is 6.43 Å². The van der Waals surface area contributed by atoms with Crippen molar-refractivity contribution in [3.63, 3.8) is 0 Å². The maximum Gasteiger partial charge on any atom is 0.281 e. The molecule has 1 aromatic heterocycles. The normalized spacial score (nSPS) is 10.4. The molecule has 0 fully saturated rings. The Balaban J connectivity index is 3.03. The summed E-state index contributed by atoms with van der Waals surface area (Å²) in [5.41, 5.74) is -0.268. The zero-order valence-electron chi connectivity index (χ0n) is 6.22. The highest BCUT2D eigenvalue weighted by atomic mass is 79.9. The van der Waals surface area contributed by atoms with Gasteiger partial charge in [-0.2, -0.15) is 0 Å². The van der Waals surface area contributed by atoms with Crippen molar-refractivity contribution in [2.24, 2.45) is 0 Å². The summed E-state index contributed by atoms with van der Waals surface area (Å²) in [6.45, 7) is 0. The molecule has 12 heavy (non-hydrogen) atoms. The highest BCUT2D eigenvalue weighted by molar-refractivity contribution is 9.10. The standard InChI is InChI=1S/C7H6BrF2NO/c1-12-4-2-5(8)6(7(9)10)11-3-4/h2-3,7H,1H3. The Morgan fingerprint density at radius 1 is 1.58 bits per heavy atom. The molecule has 1 aromatic rings. The molecule has 0 N–H and O–H groups in total. The summed E-state index contributed by atoms with van der Waals surface area (Å²) in [5.74, 6) is 0.450. The van der Waals surface area contributed by atoms with E-state index in [9.17, 15) is 8.78 Å². The van der Waals surface area contributed by atoms with E-state index in [1.54, 1.807) is 0 Å². The first-order chi connectivity index (χ1) is 5.65. The molecule has 0 aliphatic carbocycles. The van der Waals surface area contributed by atoms with Gasteiger partial charge in [0.2, 0.25) is 0 Å². The third-order valence-electron chi connectivity index (χ3n) is 1.29. The Morgan fingerprint density at radius 3 is 2.67 bits per heavy atom. The lowest BCUT2D eigenvalue weighted by atomic mass is 10.3. The molecule has 0 aliphatic rings. The van der Waals surface area contributed by atoms with Gasteiger partial charge in [0.1, 0.15) is 11.4 Å². The zero-order chi connectivity index (χ0) is 9.14. The first-order valence-corrected chi connectivity index (χ1v) is 3.92. The SMILES string of the molecule is COc1cnc(C(F)F)c(Br)c1. The van der Waals surface area contributed by atoms with Crippen molar-refractivity contribution >= 4 is 15.9 Å². The van der Waals surface area contributed by atoms with E-state index < -0.39 is 6.43 Å². The minimum absolute atomic E-state index is 0.261. The lowest BCUT2D eigenvalue weighted by Crippen LogP contribution is -1.93. The third-order valence-corrected chi connectivity index (χ3v) is 1.92. The number of rotatable bonds is 2. The molecule has 0 amide bonds. The van der Waals surface area contributed by atoms with Gasteiger partial charge in [0, 0.05) is 4.47 Å². The van der Waals surface area contributed by atoms with E-state index in [0.717, 1.165) is 0 Å². The van der Waals surface area contributed by atoms with Gasteiger partial charge >= 0.3 is 0 Å². The second-order valence-corrected chi connectivity index (χ2v) is 2.90. The van der Waals surface area contributed by atoms with Crippen LogP contribution >= 0.6 is 15.9 Å². The van der Waals surface area contributed by atoms with Gasteiger partial charge in [-0.25, -0.2) is 8.78 Å². The Morgan fingerprint density at radius 2 is 2.25 bits per heavy atom. The summed E-state index contributed by atoms with van der Waals surface area (Å²) in [7, 11) is 1.45. The van der Waals surface area contributed by atoms with Crippen LogP contribution in [0.2, 0.25) is 0 Å². The molecular weight excluding hydrogens is 232 g/mol. The molecule has 0 unspecified atom stereocenters. The molecule has 0 saturated carbocycles. The fraction of sp³-hybridized carbons (Fsp3) is 0.286. The summed E-state index contributed by atoms with van der Waals surface area (Å²) < 4.78 is 29.3. The first-order valence-electron chi connectivity index (χ1n) is 3.12. The highest BCUT2D eigenvalue weighted by Crippen LogP contribution is 2.27. The first kappa shape index (κ1) is 9.38. The number of halogens is 3. The van der Waals surface area contributed by atoms with E-state index in [-0.39, 0.29) is 10.2 Å². The van der Waals surface area contributed by atoms with Gasteiger partial charge in [-0.15, -0.1) is 0 Å². The Bertz CT molecular complexity index is 280. The summed E-state index contributed by atoms with van der Waals surface area (Å²) in [6.07, 6.45) is -1.31. The number of aromatic nitrogens is 1. The largest absolute Gasteiger partial charge is 0.495 e. The molecule has 0 atom stereocenters. The molecular formula is C7H6BrF2NO. The topological polar surface area (TPSA) is 22.1 Å². The van der Waals surface area contributed by atoms with E-state index in [1.807, 2.05) is 0 Å². The van der Waals surface area contributed by atoms with Gasteiger partial charge in [-0.3, -0.25) is 4.98 Å². The summed E-state index contributed by atoms with van der Waals surface area (Å²) in [4.78, 5) is 3.53. The van der Waals surface area contributed by atoms with Crippen LogP contribution in [0.4, 0.5) is 8.78 Å². The zero-order valence-corrected chi connectivity index (χ0v) is 7.81. The van der Waals surface area contributed by atoms with Crippen LogP contribution in [0.5, 0.6) is 5.75 Å². The minimum Gasteiger partial charge on any atom is -0.495 e. The van der Waals surface area contributed by atoms with Gasteiger partial charge in [-0.05, 0) is 22.0 Å². The van der Waals surface area contributed by atoms with Crippen LogP contribution < -0.4 is 4.74 Å². The van der Waals surface area contributed by atoms with Gasteiger partial charge in [0.15, 0.2) is 0 Å². The van der Waals surface area contributed by atoms with Crippen LogP contribution in [0.15, 0.2) is 16.7 Å². The van der Waals surface area contributed by atoms with E-state index >= 15 is 0 Å². The smallest absolute Gasteiger partial charge is 0.281 e. The quantitative estimate of drug-likeness (QED) is 0.790. The maximum atomic E-state index is 12.1. The number of pyridine rings is 1. The van der Waals surface area contributed by atoms with E-state index in [2.05, 4.69) is 20.9 Å². The lowest BCUT2D eigenvalue weighted by molar-refractivity contribution is 0.145. The lowest BCUT2D eigenvalue weighted by Gasteiger charge is -2.03. The van der Waals surface area contributed by atoms with Crippen molar-refractivity contribution < 1.29 is 13.5 Å². The van der Waals surface area contributed by atoms with E-state index in [0.29, 0.717) is 5.75 Å². The molecule has 2 nitrogen and oxygen atoms in total. The Hall–Kier alpha value is -0.710. The monoisotopic (exact) mass is 237 g/mol. The summed E-state index contributed by atoms with van der Waals surface area (Å²) in [6, 6.07) is 1.45. The minimum atomic E-state index is -2.56. The Labute approximate surface area is 76.7 Å². The van der Waals surface area contributed by atoms with Crippen LogP contribution in [0, 0.1) is 0 Å². The number of alkyl halides is 2. The number of hydrogen-bond donors (Lipinski definition) is 0. The molecule has 0 saturated heterocycles. The highest BCUT2D eigenvalue weighted by Gasteiger charge is 2.13. The predicted molar refractivity (Wildman–Crippen MR) is 43.4 cm³/mol. The average Bonchev–Trinajstić information content (AvgIpc) is 2.03. The number of nitrogens with zero attached hydrogens (tertiary/aromatic N) is 1. The fourth-order valence-corrected chi connectivity index (χ4v) is 1.20. The van der Waals surface area contributed by atoms with Crippen LogP contribution in [0.3, 0.4) is 0 Å². The van der Waals surface area contributed by atoms with Crippen LogP contribution in [0.25, 0.3) is 0 Å². The van der Waals surface area contributed by atoms with Crippen molar-refractivity contribution in [2.75, 3.05) is 7.11 Å². The van der Waals surface area contributed by atoms with Gasteiger partial charge in [0.05, 0.1) is 13.3 Å². The van der Waals surface area contributed by atoms with Gasteiger partial charge in [-0.1, -0.05) is 0 Å². The Kier molecular flexibility index (Phi) is 2.97.